The summed E-state index contributed by atoms with van der Waals surface area (Å²) in [5.74, 6) is -0.253. The van der Waals surface area contributed by atoms with Gasteiger partial charge in [-0.05, 0) is 48.6 Å². The van der Waals surface area contributed by atoms with Crippen LogP contribution in [0.5, 0.6) is 0 Å². The third-order valence-electron chi connectivity index (χ3n) is 3.63. The fourth-order valence-corrected chi connectivity index (χ4v) is 2.95. The molecule has 1 amide bonds. The maximum Gasteiger partial charge on any atom is 0.266 e. The first-order valence-electron chi connectivity index (χ1n) is 7.45. The van der Waals surface area contributed by atoms with E-state index < -0.39 is 0 Å². The third-order valence-corrected chi connectivity index (χ3v) is 4.15. The number of halogens is 1. The maximum atomic E-state index is 12.8. The third kappa shape index (κ3) is 3.40. The van der Waals surface area contributed by atoms with Gasteiger partial charge in [-0.25, -0.2) is 0 Å². The van der Waals surface area contributed by atoms with Crippen LogP contribution < -0.4 is 10.9 Å². The van der Waals surface area contributed by atoms with Gasteiger partial charge in [-0.15, -0.1) is 6.58 Å². The van der Waals surface area contributed by atoms with Crippen LogP contribution in [0.25, 0.3) is 16.6 Å². The molecule has 3 rings (SSSR count). The summed E-state index contributed by atoms with van der Waals surface area (Å²) in [7, 11) is 0. The van der Waals surface area contributed by atoms with Crippen LogP contribution in [0, 0.1) is 4.77 Å². The van der Waals surface area contributed by atoms with Crippen molar-refractivity contribution in [3.63, 3.8) is 0 Å². The summed E-state index contributed by atoms with van der Waals surface area (Å²) in [5.41, 5.74) is 1.23. The van der Waals surface area contributed by atoms with Crippen LogP contribution >= 0.6 is 23.8 Å². The Bertz CT molecular complexity index is 1100. The molecule has 0 fully saturated rings. The lowest BCUT2D eigenvalue weighted by Gasteiger charge is -2.10. The van der Waals surface area contributed by atoms with Gasteiger partial charge >= 0.3 is 0 Å². The summed E-state index contributed by atoms with van der Waals surface area (Å²) < 4.78 is 1.58. The fraction of sp³-hybridized carbons (Fsp3) is 0.0556. The summed E-state index contributed by atoms with van der Waals surface area (Å²) in [6.07, 6.45) is 1.59. The largest absolute Gasteiger partial charge is 0.349 e. The van der Waals surface area contributed by atoms with E-state index in [4.69, 9.17) is 23.8 Å². The fourth-order valence-electron chi connectivity index (χ4n) is 2.48. The zero-order chi connectivity index (χ0) is 18.0. The van der Waals surface area contributed by atoms with Crippen molar-refractivity contribution in [3.05, 3.63) is 80.8 Å². The van der Waals surface area contributed by atoms with Crippen molar-refractivity contribution in [2.24, 2.45) is 0 Å². The number of hydrogen-bond acceptors (Lipinski definition) is 3. The Kier molecular flexibility index (Phi) is 4.83. The number of nitrogens with zero attached hydrogens (tertiary/aromatic N) is 1. The van der Waals surface area contributed by atoms with E-state index in [0.717, 1.165) is 0 Å². The molecule has 2 N–H and O–H groups in total. The average molecular weight is 372 g/mol. The molecule has 25 heavy (non-hydrogen) atoms. The van der Waals surface area contributed by atoms with Gasteiger partial charge in [0.2, 0.25) is 0 Å². The molecule has 2 aromatic carbocycles. The number of fused-ring (bicyclic) bond motifs is 1. The minimum atomic E-state index is -0.279. The summed E-state index contributed by atoms with van der Waals surface area (Å²) in [6.45, 7) is 3.92. The van der Waals surface area contributed by atoms with Gasteiger partial charge in [0.1, 0.15) is 0 Å². The van der Waals surface area contributed by atoms with Crippen LogP contribution in [0.1, 0.15) is 10.4 Å². The van der Waals surface area contributed by atoms with E-state index in [9.17, 15) is 9.59 Å². The van der Waals surface area contributed by atoms with E-state index in [1.807, 2.05) is 0 Å². The summed E-state index contributed by atoms with van der Waals surface area (Å²) >= 11 is 11.3. The quantitative estimate of drug-likeness (QED) is 0.543. The van der Waals surface area contributed by atoms with Gasteiger partial charge in [0.05, 0.1) is 16.6 Å². The number of nitrogens with one attached hydrogen (secondary N) is 2. The molecule has 0 aliphatic heterocycles. The molecular weight excluding hydrogens is 358 g/mol. The Hall–Kier alpha value is -2.70. The number of rotatable bonds is 4. The summed E-state index contributed by atoms with van der Waals surface area (Å²) in [5, 5.41) is 3.67. The molecule has 1 aromatic heterocycles. The van der Waals surface area contributed by atoms with E-state index in [2.05, 4.69) is 16.9 Å². The average Bonchev–Trinajstić information content (AvgIpc) is 2.59. The molecule has 0 atom stereocenters. The van der Waals surface area contributed by atoms with Crippen molar-refractivity contribution in [1.82, 2.24) is 14.9 Å². The molecule has 0 bridgehead atoms. The minimum absolute atomic E-state index is 0.225. The Balaban J connectivity index is 2.15. The second kappa shape index (κ2) is 7.04. The first-order valence-corrected chi connectivity index (χ1v) is 8.24. The molecule has 0 aliphatic carbocycles. The van der Waals surface area contributed by atoms with Crippen molar-refractivity contribution >= 4 is 40.6 Å². The Morgan fingerprint density at radius 3 is 2.88 bits per heavy atom. The van der Waals surface area contributed by atoms with Gasteiger partial charge in [-0.1, -0.05) is 23.7 Å². The highest BCUT2D eigenvalue weighted by molar-refractivity contribution is 7.71. The number of carbonyl (C=O) groups excluding carboxylic acids is 1. The Labute approximate surface area is 153 Å². The van der Waals surface area contributed by atoms with Crippen molar-refractivity contribution < 1.29 is 4.79 Å². The molecule has 126 valence electrons. The smallest absolute Gasteiger partial charge is 0.266 e. The second-order valence-corrected chi connectivity index (χ2v) is 6.13. The Morgan fingerprint density at radius 1 is 1.32 bits per heavy atom. The molecule has 0 spiro atoms. The first kappa shape index (κ1) is 17.1. The van der Waals surface area contributed by atoms with Gasteiger partial charge in [-0.2, -0.15) is 0 Å². The second-order valence-electron chi connectivity index (χ2n) is 5.31. The maximum absolute atomic E-state index is 12.8. The zero-order valence-corrected chi connectivity index (χ0v) is 14.7. The molecule has 0 unspecified atom stereocenters. The highest BCUT2D eigenvalue weighted by atomic mass is 35.5. The molecule has 0 aliphatic rings. The van der Waals surface area contributed by atoms with Crippen LogP contribution in [-0.2, 0) is 0 Å². The first-order chi connectivity index (χ1) is 12.0. The minimum Gasteiger partial charge on any atom is -0.349 e. The Morgan fingerprint density at radius 2 is 2.12 bits per heavy atom. The predicted octanol–water partition coefficient (Wildman–Crippen LogP) is 3.62. The molecule has 0 saturated heterocycles. The molecule has 1 heterocycles. The number of aromatic nitrogens is 2. The van der Waals surface area contributed by atoms with E-state index >= 15 is 0 Å². The highest BCUT2D eigenvalue weighted by Crippen LogP contribution is 2.16. The van der Waals surface area contributed by atoms with Crippen molar-refractivity contribution in [2.45, 2.75) is 0 Å². The van der Waals surface area contributed by atoms with Gasteiger partial charge in [0.25, 0.3) is 11.5 Å². The normalized spacial score (nSPS) is 10.6. The number of amides is 1. The highest BCUT2D eigenvalue weighted by Gasteiger charge is 2.11. The summed E-state index contributed by atoms with van der Waals surface area (Å²) in [4.78, 5) is 27.9. The molecule has 0 saturated carbocycles. The standard InChI is InChI=1S/C18H14ClN3O2S/c1-2-8-20-16(23)11-4-3-5-13(9-11)22-17(24)14-7-6-12(19)10-15(14)21-18(22)25/h2-7,9-10H,1,8H2,(H,20,23)(H,21,25). The lowest BCUT2D eigenvalue weighted by molar-refractivity contribution is 0.0958. The number of H-pyrrole nitrogens is 1. The van der Waals surface area contributed by atoms with Gasteiger partial charge in [-0.3, -0.25) is 14.2 Å². The van der Waals surface area contributed by atoms with Crippen LogP contribution in [-0.4, -0.2) is 22.0 Å². The summed E-state index contributed by atoms with van der Waals surface area (Å²) in [6, 6.07) is 11.6. The van der Waals surface area contributed by atoms with E-state index in [-0.39, 0.29) is 16.2 Å². The topological polar surface area (TPSA) is 66.9 Å². The molecule has 0 radical (unpaired) electrons. The SMILES string of the molecule is C=CCNC(=O)c1cccc(-n2c(=S)[nH]c3cc(Cl)ccc3c2=O)c1. The van der Waals surface area contributed by atoms with Crippen LogP contribution in [0.3, 0.4) is 0 Å². The molecule has 3 aromatic rings. The molecule has 5 nitrogen and oxygen atoms in total. The van der Waals surface area contributed by atoms with Crippen LogP contribution in [0.4, 0.5) is 0 Å². The van der Waals surface area contributed by atoms with E-state index in [1.54, 1.807) is 48.5 Å². The van der Waals surface area contributed by atoms with Crippen LogP contribution in [0.15, 0.2) is 59.9 Å². The zero-order valence-electron chi connectivity index (χ0n) is 13.1. The van der Waals surface area contributed by atoms with Gasteiger partial charge < -0.3 is 10.3 Å². The van der Waals surface area contributed by atoms with Gasteiger partial charge in [0, 0.05) is 17.1 Å². The predicted molar refractivity (Wildman–Crippen MR) is 102 cm³/mol. The van der Waals surface area contributed by atoms with Crippen molar-refractivity contribution in [1.29, 1.82) is 0 Å². The van der Waals surface area contributed by atoms with E-state index in [1.165, 1.54) is 4.57 Å². The number of carbonyl (C=O) groups is 1. The molecule has 7 heteroatoms. The van der Waals surface area contributed by atoms with Crippen LogP contribution in [0.2, 0.25) is 5.02 Å². The molecular formula is C18H14ClN3O2S. The number of hydrogen-bond donors (Lipinski definition) is 2. The lowest BCUT2D eigenvalue weighted by atomic mass is 10.1. The number of aromatic amines is 1. The lowest BCUT2D eigenvalue weighted by Crippen LogP contribution is -2.24. The number of benzene rings is 2. The monoisotopic (exact) mass is 371 g/mol. The van der Waals surface area contributed by atoms with Crippen molar-refractivity contribution in [3.8, 4) is 5.69 Å². The van der Waals surface area contributed by atoms with E-state index in [0.29, 0.717) is 33.7 Å². The van der Waals surface area contributed by atoms with Gasteiger partial charge in [0.15, 0.2) is 4.77 Å². The van der Waals surface area contributed by atoms with Crippen molar-refractivity contribution in [2.75, 3.05) is 6.54 Å².